The largest absolute Gasteiger partial charge is 0.411 e. The lowest BCUT2D eigenvalue weighted by atomic mass is 10.2. The molecule has 0 saturated carbocycles. The topological polar surface area (TPSA) is 90.4 Å². The first-order valence-electron chi connectivity index (χ1n) is 4.21. The Morgan fingerprint density at radius 2 is 2.47 bits per heavy atom. The van der Waals surface area contributed by atoms with Gasteiger partial charge in [0.2, 0.25) is 0 Å². The molecule has 0 aliphatic rings. The number of aromatic nitrogens is 2. The first kappa shape index (κ1) is 9.20. The van der Waals surface area contributed by atoms with Crippen molar-refractivity contribution in [3.63, 3.8) is 0 Å². The van der Waals surface area contributed by atoms with Crippen LogP contribution in [0.2, 0.25) is 0 Å². The number of oxime groups is 1. The lowest BCUT2D eigenvalue weighted by molar-refractivity contribution is -0.110. The van der Waals surface area contributed by atoms with Gasteiger partial charge in [0, 0.05) is 11.1 Å². The molecule has 3 N–H and O–H groups in total. The number of anilines is 1. The molecule has 2 rings (SSSR count). The van der Waals surface area contributed by atoms with Gasteiger partial charge in [-0.15, -0.1) is 0 Å². The van der Waals surface area contributed by atoms with Crippen LogP contribution < -0.4 is 5.32 Å². The summed E-state index contributed by atoms with van der Waals surface area (Å²) < 4.78 is 0. The van der Waals surface area contributed by atoms with Gasteiger partial charge in [-0.05, 0) is 18.2 Å². The third kappa shape index (κ3) is 1.93. The molecule has 1 heterocycles. The standard InChI is InChI=1S/C9H8N4O2/c14-9(5-11-15)12-7-1-2-8-6(3-7)4-10-13-8/h1-5,15H,(H,10,13)(H,12,14). The highest BCUT2D eigenvalue weighted by atomic mass is 16.4. The second kappa shape index (κ2) is 3.79. The minimum absolute atomic E-state index is 0.486. The minimum Gasteiger partial charge on any atom is -0.411 e. The van der Waals surface area contributed by atoms with E-state index in [0.717, 1.165) is 17.1 Å². The van der Waals surface area contributed by atoms with Crippen molar-refractivity contribution in [2.75, 3.05) is 5.32 Å². The van der Waals surface area contributed by atoms with Crippen LogP contribution in [0, 0.1) is 0 Å². The lowest BCUT2D eigenvalue weighted by Gasteiger charge is -2.00. The van der Waals surface area contributed by atoms with Crippen molar-refractivity contribution in [2.24, 2.45) is 5.16 Å². The van der Waals surface area contributed by atoms with Crippen LogP contribution >= 0.6 is 0 Å². The second-order valence-electron chi connectivity index (χ2n) is 2.91. The monoisotopic (exact) mass is 204 g/mol. The Morgan fingerprint density at radius 1 is 1.60 bits per heavy atom. The molecule has 0 spiro atoms. The number of hydrogen-bond acceptors (Lipinski definition) is 4. The summed E-state index contributed by atoms with van der Waals surface area (Å²) in [5.74, 6) is -0.486. The SMILES string of the molecule is O=C(C=NO)Nc1ccc2[nH]ncc2c1. The molecule has 6 heteroatoms. The summed E-state index contributed by atoms with van der Waals surface area (Å²) >= 11 is 0. The van der Waals surface area contributed by atoms with Crippen molar-refractivity contribution in [1.82, 2.24) is 10.2 Å². The van der Waals surface area contributed by atoms with Gasteiger partial charge in [-0.3, -0.25) is 9.89 Å². The predicted molar refractivity (Wildman–Crippen MR) is 55.0 cm³/mol. The smallest absolute Gasteiger partial charge is 0.270 e. The van der Waals surface area contributed by atoms with Gasteiger partial charge in [0.25, 0.3) is 5.91 Å². The maximum atomic E-state index is 11.0. The molecule has 0 unspecified atom stereocenters. The van der Waals surface area contributed by atoms with E-state index in [2.05, 4.69) is 20.7 Å². The fourth-order valence-corrected chi connectivity index (χ4v) is 1.25. The molecule has 76 valence electrons. The second-order valence-corrected chi connectivity index (χ2v) is 2.91. The van der Waals surface area contributed by atoms with Gasteiger partial charge in [0.05, 0.1) is 11.7 Å². The number of fused-ring (bicyclic) bond motifs is 1. The average molecular weight is 204 g/mol. The summed E-state index contributed by atoms with van der Waals surface area (Å²) in [6, 6.07) is 5.29. The lowest BCUT2D eigenvalue weighted by Crippen LogP contribution is -2.12. The van der Waals surface area contributed by atoms with Crippen LogP contribution in [0.3, 0.4) is 0 Å². The minimum atomic E-state index is -0.486. The third-order valence-electron chi connectivity index (χ3n) is 1.88. The van der Waals surface area contributed by atoms with Crippen LogP contribution in [-0.2, 0) is 4.79 Å². The van der Waals surface area contributed by atoms with E-state index in [9.17, 15) is 4.79 Å². The van der Waals surface area contributed by atoms with Gasteiger partial charge in [-0.25, -0.2) is 0 Å². The van der Waals surface area contributed by atoms with Gasteiger partial charge in [-0.1, -0.05) is 5.16 Å². The van der Waals surface area contributed by atoms with Crippen LogP contribution in [0.5, 0.6) is 0 Å². The number of H-pyrrole nitrogens is 1. The van der Waals surface area contributed by atoms with E-state index in [4.69, 9.17) is 5.21 Å². The Hall–Kier alpha value is -2.37. The molecule has 0 fully saturated rings. The van der Waals surface area contributed by atoms with E-state index in [1.54, 1.807) is 24.4 Å². The highest BCUT2D eigenvalue weighted by Crippen LogP contribution is 2.16. The summed E-state index contributed by atoms with van der Waals surface area (Å²) in [6.45, 7) is 0. The van der Waals surface area contributed by atoms with Crippen molar-refractivity contribution in [1.29, 1.82) is 0 Å². The number of hydrogen-bond donors (Lipinski definition) is 3. The molecule has 0 radical (unpaired) electrons. The Labute approximate surface area is 84.6 Å². The molecule has 15 heavy (non-hydrogen) atoms. The third-order valence-corrected chi connectivity index (χ3v) is 1.88. The fraction of sp³-hybridized carbons (Fsp3) is 0. The van der Waals surface area contributed by atoms with Gasteiger partial charge in [0.15, 0.2) is 0 Å². The molecular formula is C9H8N4O2. The van der Waals surface area contributed by atoms with Crippen molar-refractivity contribution < 1.29 is 10.0 Å². The summed E-state index contributed by atoms with van der Waals surface area (Å²) in [5.41, 5.74) is 1.51. The van der Waals surface area contributed by atoms with Gasteiger partial charge < -0.3 is 10.5 Å². The summed E-state index contributed by atoms with van der Waals surface area (Å²) in [6.07, 6.45) is 2.45. The van der Waals surface area contributed by atoms with Gasteiger partial charge in [0.1, 0.15) is 6.21 Å². The first-order valence-corrected chi connectivity index (χ1v) is 4.21. The Morgan fingerprint density at radius 3 is 3.27 bits per heavy atom. The zero-order valence-electron chi connectivity index (χ0n) is 7.64. The van der Waals surface area contributed by atoms with E-state index >= 15 is 0 Å². The van der Waals surface area contributed by atoms with Crippen molar-refractivity contribution in [2.45, 2.75) is 0 Å². The quantitative estimate of drug-likeness (QED) is 0.386. The number of carbonyl (C=O) groups is 1. The molecule has 0 aliphatic carbocycles. The molecule has 0 aliphatic heterocycles. The highest BCUT2D eigenvalue weighted by molar-refractivity contribution is 6.31. The van der Waals surface area contributed by atoms with Crippen LogP contribution in [0.15, 0.2) is 29.6 Å². The fourth-order valence-electron chi connectivity index (χ4n) is 1.25. The zero-order chi connectivity index (χ0) is 10.7. The molecular weight excluding hydrogens is 196 g/mol. The molecule has 2 aromatic rings. The highest BCUT2D eigenvalue weighted by Gasteiger charge is 2.00. The van der Waals surface area contributed by atoms with E-state index < -0.39 is 5.91 Å². The van der Waals surface area contributed by atoms with Crippen LogP contribution in [0.25, 0.3) is 10.9 Å². The Balaban J connectivity index is 2.24. The molecule has 0 bridgehead atoms. The van der Waals surface area contributed by atoms with Crippen LogP contribution in [-0.4, -0.2) is 27.5 Å². The van der Waals surface area contributed by atoms with Gasteiger partial charge >= 0.3 is 0 Å². The van der Waals surface area contributed by atoms with Crippen LogP contribution in [0.4, 0.5) is 5.69 Å². The summed E-state index contributed by atoms with van der Waals surface area (Å²) in [5, 5.41) is 20.9. The number of nitrogens with zero attached hydrogens (tertiary/aromatic N) is 2. The molecule has 0 saturated heterocycles. The predicted octanol–water partition coefficient (Wildman–Crippen LogP) is 0.961. The molecule has 0 atom stereocenters. The Kier molecular flexibility index (Phi) is 2.32. The maximum Gasteiger partial charge on any atom is 0.270 e. The molecule has 1 aromatic carbocycles. The van der Waals surface area contributed by atoms with E-state index in [1.807, 2.05) is 0 Å². The zero-order valence-corrected chi connectivity index (χ0v) is 7.64. The van der Waals surface area contributed by atoms with Gasteiger partial charge in [-0.2, -0.15) is 5.10 Å². The van der Waals surface area contributed by atoms with Crippen molar-refractivity contribution in [3.05, 3.63) is 24.4 Å². The molecule has 6 nitrogen and oxygen atoms in total. The number of amides is 1. The van der Waals surface area contributed by atoms with E-state index in [1.165, 1.54) is 0 Å². The van der Waals surface area contributed by atoms with E-state index in [-0.39, 0.29) is 0 Å². The van der Waals surface area contributed by atoms with Crippen molar-refractivity contribution in [3.8, 4) is 0 Å². The van der Waals surface area contributed by atoms with Crippen molar-refractivity contribution >= 4 is 28.7 Å². The molecule has 1 amide bonds. The van der Waals surface area contributed by atoms with E-state index in [0.29, 0.717) is 5.69 Å². The number of carbonyl (C=O) groups excluding carboxylic acids is 1. The maximum absolute atomic E-state index is 11.0. The number of benzene rings is 1. The summed E-state index contributed by atoms with van der Waals surface area (Å²) in [7, 11) is 0. The normalized spacial score (nSPS) is 10.9. The average Bonchev–Trinajstić information content (AvgIpc) is 2.65. The van der Waals surface area contributed by atoms with Crippen LogP contribution in [0.1, 0.15) is 0 Å². The number of rotatable bonds is 2. The Bertz CT molecular complexity index is 518. The summed E-state index contributed by atoms with van der Waals surface area (Å²) in [4.78, 5) is 11.0. The molecule has 1 aromatic heterocycles. The number of nitrogens with one attached hydrogen (secondary N) is 2. The number of aromatic amines is 1. The first-order chi connectivity index (χ1) is 7.29.